The third-order valence-corrected chi connectivity index (χ3v) is 3.17. The van der Waals surface area contributed by atoms with Gasteiger partial charge >= 0.3 is 0 Å². The number of hydrogen-bond donors (Lipinski definition) is 0. The summed E-state index contributed by atoms with van der Waals surface area (Å²) in [7, 11) is 1.57. The van der Waals surface area contributed by atoms with Gasteiger partial charge in [-0.15, -0.1) is 0 Å². The highest BCUT2D eigenvalue weighted by atomic mass is 79.9. The number of rotatable bonds is 4. The van der Waals surface area contributed by atoms with Crippen molar-refractivity contribution in [2.24, 2.45) is 0 Å². The molecule has 19 heavy (non-hydrogen) atoms. The fourth-order valence-corrected chi connectivity index (χ4v) is 1.96. The highest BCUT2D eigenvalue weighted by Gasteiger charge is 2.20. The van der Waals surface area contributed by atoms with Gasteiger partial charge in [0.05, 0.1) is 17.4 Å². The fraction of sp³-hybridized carbons (Fsp3) is 0.333. The second-order valence-electron chi connectivity index (χ2n) is 4.08. The van der Waals surface area contributed by atoms with E-state index in [1.807, 2.05) is 6.07 Å². The molecule has 0 fully saturated rings. The number of carbonyl (C=O) groups is 1. The minimum Gasteiger partial charge on any atom is -0.338 e. The van der Waals surface area contributed by atoms with E-state index in [9.17, 15) is 14.9 Å². The molecule has 0 saturated carbocycles. The van der Waals surface area contributed by atoms with Crippen LogP contribution in [0.5, 0.6) is 0 Å². The summed E-state index contributed by atoms with van der Waals surface area (Å²) in [5.74, 6) is -0.354. The molecular weight excluding hydrogens is 314 g/mol. The predicted octanol–water partition coefficient (Wildman–Crippen LogP) is 2.73. The molecule has 100 valence electrons. The van der Waals surface area contributed by atoms with Gasteiger partial charge < -0.3 is 4.90 Å². The number of halogens is 1. The first-order chi connectivity index (χ1) is 8.86. The molecule has 0 N–H and O–H groups in total. The molecule has 7 heteroatoms. The molecule has 0 radical (unpaired) electrons. The van der Waals surface area contributed by atoms with Crippen molar-refractivity contribution in [1.29, 1.82) is 5.26 Å². The second-order valence-corrected chi connectivity index (χ2v) is 5.00. The van der Waals surface area contributed by atoms with Gasteiger partial charge in [0.2, 0.25) is 0 Å². The van der Waals surface area contributed by atoms with Gasteiger partial charge in [0.1, 0.15) is 0 Å². The number of non-ortho nitro benzene ring substituents is 1. The van der Waals surface area contributed by atoms with Gasteiger partial charge in [0, 0.05) is 35.3 Å². The van der Waals surface area contributed by atoms with Crippen molar-refractivity contribution in [3.05, 3.63) is 38.3 Å². The molecule has 0 bridgehead atoms. The quantitative estimate of drug-likeness (QED) is 0.629. The van der Waals surface area contributed by atoms with E-state index >= 15 is 0 Å². The van der Waals surface area contributed by atoms with Crippen LogP contribution in [0.2, 0.25) is 0 Å². The number of nitrogens with zero attached hydrogens (tertiary/aromatic N) is 3. The van der Waals surface area contributed by atoms with Crippen LogP contribution in [0.1, 0.15) is 23.7 Å². The first-order valence-corrected chi connectivity index (χ1v) is 6.25. The van der Waals surface area contributed by atoms with Crippen molar-refractivity contribution in [2.45, 2.75) is 19.4 Å². The normalized spacial score (nSPS) is 11.5. The average Bonchev–Trinajstić information content (AvgIpc) is 2.36. The number of nitro benzene ring substituents is 1. The van der Waals surface area contributed by atoms with Gasteiger partial charge in [-0.05, 0) is 13.0 Å². The zero-order valence-corrected chi connectivity index (χ0v) is 12.0. The molecule has 1 atom stereocenters. The van der Waals surface area contributed by atoms with Crippen LogP contribution < -0.4 is 0 Å². The Hall–Kier alpha value is -1.94. The Morgan fingerprint density at radius 2 is 2.21 bits per heavy atom. The maximum atomic E-state index is 12.2. The van der Waals surface area contributed by atoms with E-state index in [0.29, 0.717) is 4.47 Å². The maximum Gasteiger partial charge on any atom is 0.271 e. The predicted molar refractivity (Wildman–Crippen MR) is 72.6 cm³/mol. The summed E-state index contributed by atoms with van der Waals surface area (Å²) >= 11 is 3.14. The highest BCUT2D eigenvalue weighted by molar-refractivity contribution is 9.10. The van der Waals surface area contributed by atoms with Gasteiger partial charge in [-0.25, -0.2) is 0 Å². The zero-order chi connectivity index (χ0) is 14.6. The van der Waals surface area contributed by atoms with Crippen LogP contribution in [-0.4, -0.2) is 28.8 Å². The molecular formula is C12H12BrN3O3. The van der Waals surface area contributed by atoms with Crippen LogP contribution in [0.3, 0.4) is 0 Å². The molecule has 6 nitrogen and oxygen atoms in total. The lowest BCUT2D eigenvalue weighted by Gasteiger charge is -2.22. The Balaban J connectivity index is 3.06. The maximum absolute atomic E-state index is 12.2. The lowest BCUT2D eigenvalue weighted by atomic mass is 10.1. The molecule has 1 unspecified atom stereocenters. The van der Waals surface area contributed by atoms with Gasteiger partial charge in [0.25, 0.3) is 11.6 Å². The Bertz CT molecular complexity index is 554. The second kappa shape index (κ2) is 6.29. The molecule has 0 spiro atoms. The van der Waals surface area contributed by atoms with Crippen LogP contribution in [0.4, 0.5) is 5.69 Å². The van der Waals surface area contributed by atoms with Crippen molar-refractivity contribution in [3.63, 3.8) is 0 Å². The molecule has 0 aliphatic heterocycles. The fourth-order valence-electron chi connectivity index (χ4n) is 1.48. The largest absolute Gasteiger partial charge is 0.338 e. The van der Waals surface area contributed by atoms with E-state index in [4.69, 9.17) is 5.26 Å². The third kappa shape index (κ3) is 3.76. The molecule has 0 aliphatic carbocycles. The average molecular weight is 326 g/mol. The third-order valence-electron chi connectivity index (χ3n) is 2.71. The van der Waals surface area contributed by atoms with Crippen molar-refractivity contribution >= 4 is 27.5 Å². The van der Waals surface area contributed by atoms with E-state index in [1.165, 1.54) is 23.1 Å². The van der Waals surface area contributed by atoms with Crippen LogP contribution in [0, 0.1) is 21.4 Å². The van der Waals surface area contributed by atoms with Crippen molar-refractivity contribution < 1.29 is 9.72 Å². The van der Waals surface area contributed by atoms with E-state index in [0.717, 1.165) is 0 Å². The minimum absolute atomic E-state index is 0.154. The Morgan fingerprint density at radius 1 is 1.58 bits per heavy atom. The summed E-state index contributed by atoms with van der Waals surface area (Å²) < 4.78 is 0.464. The summed E-state index contributed by atoms with van der Waals surface area (Å²) in [6, 6.07) is 5.80. The first-order valence-electron chi connectivity index (χ1n) is 5.46. The van der Waals surface area contributed by atoms with Crippen molar-refractivity contribution in [3.8, 4) is 6.07 Å². The van der Waals surface area contributed by atoms with E-state index in [-0.39, 0.29) is 29.6 Å². The van der Waals surface area contributed by atoms with E-state index in [2.05, 4.69) is 15.9 Å². The van der Waals surface area contributed by atoms with Crippen LogP contribution >= 0.6 is 15.9 Å². The summed E-state index contributed by atoms with van der Waals surface area (Å²) in [5, 5.41) is 19.4. The lowest BCUT2D eigenvalue weighted by molar-refractivity contribution is -0.385. The Labute approximate surface area is 118 Å². The number of benzene rings is 1. The molecule has 1 aromatic rings. The molecule has 1 rings (SSSR count). The zero-order valence-electron chi connectivity index (χ0n) is 10.5. The van der Waals surface area contributed by atoms with Crippen LogP contribution in [0.15, 0.2) is 22.7 Å². The Morgan fingerprint density at radius 3 is 2.74 bits per heavy atom. The monoisotopic (exact) mass is 325 g/mol. The molecule has 1 aromatic carbocycles. The summed E-state index contributed by atoms with van der Waals surface area (Å²) in [4.78, 5) is 23.8. The number of carbonyl (C=O) groups excluding carboxylic acids is 1. The smallest absolute Gasteiger partial charge is 0.271 e. The van der Waals surface area contributed by atoms with Gasteiger partial charge in [0.15, 0.2) is 0 Å². The van der Waals surface area contributed by atoms with E-state index in [1.54, 1.807) is 14.0 Å². The van der Waals surface area contributed by atoms with Crippen LogP contribution in [0.25, 0.3) is 0 Å². The highest BCUT2D eigenvalue weighted by Crippen LogP contribution is 2.22. The van der Waals surface area contributed by atoms with Crippen molar-refractivity contribution in [1.82, 2.24) is 4.90 Å². The molecule has 0 saturated heterocycles. The van der Waals surface area contributed by atoms with Gasteiger partial charge in [-0.1, -0.05) is 15.9 Å². The number of nitriles is 1. The van der Waals surface area contributed by atoms with Gasteiger partial charge in [-0.2, -0.15) is 5.26 Å². The number of amides is 1. The summed E-state index contributed by atoms with van der Waals surface area (Å²) in [5.41, 5.74) is 0.0624. The number of nitro groups is 1. The Kier molecular flexibility index (Phi) is 5.01. The molecule has 0 aliphatic rings. The first kappa shape index (κ1) is 15.1. The lowest BCUT2D eigenvalue weighted by Crippen LogP contribution is -2.34. The summed E-state index contributed by atoms with van der Waals surface area (Å²) in [6.45, 7) is 1.74. The summed E-state index contributed by atoms with van der Waals surface area (Å²) in [6.07, 6.45) is 0.207. The van der Waals surface area contributed by atoms with Gasteiger partial charge in [-0.3, -0.25) is 14.9 Å². The SMILES string of the molecule is CC(CC#N)N(C)C(=O)c1cc(Br)cc([N+](=O)[O-])c1. The molecule has 0 aromatic heterocycles. The molecule has 0 heterocycles. The minimum atomic E-state index is -0.555. The standard InChI is InChI=1S/C12H12BrN3O3/c1-8(3-4-14)15(2)12(17)9-5-10(13)7-11(6-9)16(18)19/h5-8H,3H2,1-2H3. The number of hydrogen-bond acceptors (Lipinski definition) is 4. The topological polar surface area (TPSA) is 87.2 Å². The van der Waals surface area contributed by atoms with E-state index < -0.39 is 4.92 Å². The van der Waals surface area contributed by atoms with Crippen LogP contribution in [-0.2, 0) is 0 Å². The molecule has 1 amide bonds. The van der Waals surface area contributed by atoms with Crippen molar-refractivity contribution in [2.75, 3.05) is 7.05 Å².